The van der Waals surface area contributed by atoms with Crippen molar-refractivity contribution >= 4 is 86.1 Å². The summed E-state index contributed by atoms with van der Waals surface area (Å²) in [5, 5.41) is 46.2. The number of imidazole rings is 2. The Labute approximate surface area is 369 Å². The fraction of sp³-hybridized carbons (Fsp3) is 0.567. The molecular weight excluding hydrogens is 957 g/mol. The summed E-state index contributed by atoms with van der Waals surface area (Å²) in [6.45, 7) is -0.256. The van der Waals surface area contributed by atoms with Crippen molar-refractivity contribution in [3.63, 3.8) is 0 Å². The molecule has 1 fully saturated rings. The molecule has 5 heterocycles. The van der Waals surface area contributed by atoms with E-state index in [4.69, 9.17) is 25.3 Å². The highest BCUT2D eigenvalue weighted by atomic mass is 32.2. The summed E-state index contributed by atoms with van der Waals surface area (Å²) in [5.41, 5.74) is 10.5. The number of carbonyl (C=O) groups is 3. The molecule has 31 nitrogen and oxygen atoms in total. The van der Waals surface area contributed by atoms with Gasteiger partial charge in [-0.25, -0.2) is 43.6 Å². The normalized spacial score (nSPS) is 21.4. The van der Waals surface area contributed by atoms with E-state index in [0.29, 0.717) is 11.8 Å². The number of nitrogens with one attached hydrogen (secondary N) is 2. The molecule has 4 aromatic heterocycles. The largest absolute Gasteiger partial charge is 0.481 e. The number of phosphoric acid groups is 3. The molecule has 1 aliphatic heterocycles. The number of nitrogen functional groups attached to an aromatic ring is 2. The molecule has 35 heteroatoms. The zero-order chi connectivity index (χ0) is 48.1. The minimum absolute atomic E-state index is 0.00773. The molecule has 0 radical (unpaired) electrons. The van der Waals surface area contributed by atoms with Crippen molar-refractivity contribution < 1.29 is 90.7 Å². The molecule has 0 bridgehead atoms. The first-order valence-corrected chi connectivity index (χ1v) is 24.1. The van der Waals surface area contributed by atoms with E-state index in [2.05, 4.69) is 49.4 Å². The number of hydrogen-bond donors (Lipinski definition) is 12. The van der Waals surface area contributed by atoms with Crippen molar-refractivity contribution in [2.24, 2.45) is 5.41 Å². The molecular formula is C30H45N12O19P3S. The number of aliphatic hydroxyl groups excluding tert-OH is 4. The summed E-state index contributed by atoms with van der Waals surface area (Å²) in [6.07, 6.45) is -8.05. The van der Waals surface area contributed by atoms with Crippen molar-refractivity contribution in [2.75, 3.05) is 43.5 Å². The molecule has 360 valence electrons. The maximum absolute atomic E-state index is 12.7. The van der Waals surface area contributed by atoms with Crippen LogP contribution < -0.4 is 22.1 Å². The van der Waals surface area contributed by atoms with Gasteiger partial charge in [0.25, 0.3) is 0 Å². The van der Waals surface area contributed by atoms with Crippen LogP contribution in [0.1, 0.15) is 26.5 Å². The van der Waals surface area contributed by atoms with E-state index >= 15 is 0 Å². The number of thioether (sulfide) groups is 1. The van der Waals surface area contributed by atoms with Gasteiger partial charge in [-0.3, -0.25) is 32.5 Å². The third kappa shape index (κ3) is 13.7. The number of rotatable bonds is 23. The smallest absolute Gasteiger partial charge is 0.388 e. The highest BCUT2D eigenvalue weighted by Gasteiger charge is 2.50. The Morgan fingerprint density at radius 2 is 1.51 bits per heavy atom. The topological polar surface area (TPSA) is 474 Å². The van der Waals surface area contributed by atoms with Crippen molar-refractivity contribution in [2.45, 2.75) is 69.7 Å². The molecule has 5 rings (SSSR count). The Balaban J connectivity index is 1.01. The molecule has 1 saturated heterocycles. The van der Waals surface area contributed by atoms with Gasteiger partial charge in [-0.1, -0.05) is 25.6 Å². The first-order chi connectivity index (χ1) is 30.3. The minimum Gasteiger partial charge on any atom is -0.388 e. The van der Waals surface area contributed by atoms with Crippen LogP contribution in [-0.2, 0) is 57.2 Å². The molecule has 9 unspecified atom stereocenters. The Kier molecular flexibility index (Phi) is 16.9. The lowest BCUT2D eigenvalue weighted by Crippen LogP contribution is -2.46. The third-order valence-corrected chi connectivity index (χ3v) is 13.2. The van der Waals surface area contributed by atoms with E-state index in [-0.39, 0.29) is 65.8 Å². The second-order valence-corrected chi connectivity index (χ2v) is 19.9. The summed E-state index contributed by atoms with van der Waals surface area (Å²) in [7, 11) is -16.5. The lowest BCUT2D eigenvalue weighted by Gasteiger charge is -2.30. The summed E-state index contributed by atoms with van der Waals surface area (Å²) in [6, 6.07) is 0. The van der Waals surface area contributed by atoms with Crippen LogP contribution in [0.4, 0.5) is 11.6 Å². The van der Waals surface area contributed by atoms with Gasteiger partial charge in [0.05, 0.1) is 32.4 Å². The SMILES string of the molecule is CC(C)(COP(=O)(O)OP(=O)(O)OCC1OC(n2cnc3c(N)ncnc32)C(O)C1OP(=O)(O)O)C(O)C(=O)NCCC(=O)NCCSC(=O)C(O)C(O)Cn1cnc2c(N)ncnc21. The van der Waals surface area contributed by atoms with Gasteiger partial charge < -0.3 is 71.4 Å². The lowest BCUT2D eigenvalue weighted by atomic mass is 9.87. The number of aromatic nitrogens is 8. The molecule has 2 amide bonds. The van der Waals surface area contributed by atoms with Crippen LogP contribution in [0.15, 0.2) is 25.3 Å². The van der Waals surface area contributed by atoms with E-state index in [1.54, 1.807) is 0 Å². The highest BCUT2D eigenvalue weighted by molar-refractivity contribution is 8.13. The fourth-order valence-corrected chi connectivity index (χ4v) is 9.42. The highest BCUT2D eigenvalue weighted by Crippen LogP contribution is 2.61. The summed E-state index contributed by atoms with van der Waals surface area (Å²) in [4.78, 5) is 100. The number of nitrogens with two attached hydrogens (primary N) is 2. The van der Waals surface area contributed by atoms with Gasteiger partial charge in [0.1, 0.15) is 54.2 Å². The number of carbonyl (C=O) groups excluding carboxylic acids is 3. The summed E-state index contributed by atoms with van der Waals surface area (Å²) in [5.74, 6) is -1.57. The molecule has 9 atom stereocenters. The quantitative estimate of drug-likeness (QED) is 0.0257. The van der Waals surface area contributed by atoms with Crippen LogP contribution in [0.3, 0.4) is 0 Å². The number of amides is 2. The molecule has 14 N–H and O–H groups in total. The van der Waals surface area contributed by atoms with E-state index in [1.807, 2.05) is 0 Å². The molecule has 0 aromatic carbocycles. The Morgan fingerprint density at radius 1 is 0.892 bits per heavy atom. The first kappa shape index (κ1) is 51.8. The molecule has 65 heavy (non-hydrogen) atoms. The summed E-state index contributed by atoms with van der Waals surface area (Å²) < 4.78 is 63.6. The average molecular weight is 1000 g/mol. The number of nitrogens with zero attached hydrogens (tertiary/aromatic N) is 8. The van der Waals surface area contributed by atoms with Crippen molar-refractivity contribution in [1.29, 1.82) is 0 Å². The van der Waals surface area contributed by atoms with Gasteiger partial charge in [0.15, 0.2) is 35.3 Å². The van der Waals surface area contributed by atoms with E-state index < -0.39 is 102 Å². The number of hydrogen-bond acceptors (Lipinski definition) is 24. The van der Waals surface area contributed by atoms with Crippen molar-refractivity contribution in [3.05, 3.63) is 25.3 Å². The van der Waals surface area contributed by atoms with Crippen LogP contribution in [0.2, 0.25) is 0 Å². The number of anilines is 2. The van der Waals surface area contributed by atoms with E-state index in [1.165, 1.54) is 31.1 Å². The van der Waals surface area contributed by atoms with Gasteiger partial charge >= 0.3 is 23.5 Å². The Morgan fingerprint density at radius 3 is 2.17 bits per heavy atom. The van der Waals surface area contributed by atoms with Crippen LogP contribution in [0, 0.1) is 5.41 Å². The van der Waals surface area contributed by atoms with E-state index in [9.17, 15) is 68.1 Å². The average Bonchev–Trinajstić information content (AvgIpc) is 3.92. The van der Waals surface area contributed by atoms with Gasteiger partial charge in [-0.05, 0) is 0 Å². The minimum atomic E-state index is -5.61. The van der Waals surface area contributed by atoms with Crippen LogP contribution in [-0.4, -0.2) is 165 Å². The van der Waals surface area contributed by atoms with Gasteiger partial charge in [-0.15, -0.1) is 0 Å². The number of aliphatic hydroxyl groups is 4. The predicted molar refractivity (Wildman–Crippen MR) is 219 cm³/mol. The second-order valence-electron chi connectivity index (χ2n) is 14.6. The maximum Gasteiger partial charge on any atom is 0.481 e. The fourth-order valence-electron chi connectivity index (χ4n) is 5.86. The van der Waals surface area contributed by atoms with Gasteiger partial charge in [-0.2, -0.15) is 4.31 Å². The molecule has 0 saturated carbocycles. The zero-order valence-electron chi connectivity index (χ0n) is 33.9. The predicted octanol–water partition coefficient (Wildman–Crippen LogP) is -3.19. The molecule has 4 aromatic rings. The van der Waals surface area contributed by atoms with Crippen LogP contribution in [0.5, 0.6) is 0 Å². The molecule has 0 aliphatic carbocycles. The Bertz CT molecular complexity index is 2490. The third-order valence-electron chi connectivity index (χ3n) is 9.17. The standard InChI is InChI=1S/C30H45N12O19P3S/c1-30(2,22(47)27(48)34-4-3-16(44)33-5-6-65-29(49)19(45)14(43)7-41-12-39-17-23(31)35-10-37-25(17)41)9-58-64(55,56)61-63(53,54)57-8-15-21(60-62(50,51)52)20(46)28(59-15)42-13-40-18-24(32)36-11-38-26(18)42/h10-15,19-22,28,43,45-47H,3-9H2,1-2H3,(H,33,44)(H,34,48)(H,53,54)(H,55,56)(H2,31,35,37)(H2,32,36,38)(H2,50,51,52). The first-order valence-electron chi connectivity index (χ1n) is 18.6. The molecule has 0 spiro atoms. The number of fused-ring (bicyclic) bond motifs is 2. The van der Waals surface area contributed by atoms with Gasteiger partial charge in [0, 0.05) is 30.7 Å². The van der Waals surface area contributed by atoms with Gasteiger partial charge in [0.2, 0.25) is 16.9 Å². The zero-order valence-corrected chi connectivity index (χ0v) is 37.4. The van der Waals surface area contributed by atoms with Crippen LogP contribution >= 0.6 is 35.2 Å². The lowest BCUT2D eigenvalue weighted by molar-refractivity contribution is -0.137. The summed E-state index contributed by atoms with van der Waals surface area (Å²) >= 11 is 0.645. The maximum atomic E-state index is 12.7. The monoisotopic (exact) mass is 1000 g/mol. The van der Waals surface area contributed by atoms with E-state index in [0.717, 1.165) is 17.2 Å². The van der Waals surface area contributed by atoms with Crippen LogP contribution in [0.25, 0.3) is 22.3 Å². The number of ether oxygens (including phenoxy) is 1. The second kappa shape index (κ2) is 21.2. The number of phosphoric ester groups is 3. The van der Waals surface area contributed by atoms with Crippen molar-refractivity contribution in [1.82, 2.24) is 49.7 Å². The van der Waals surface area contributed by atoms with Crippen molar-refractivity contribution in [3.8, 4) is 0 Å². The Hall–Kier alpha value is -4.17. The molecule has 1 aliphatic rings.